The van der Waals surface area contributed by atoms with Gasteiger partial charge in [0.1, 0.15) is 5.75 Å². The van der Waals surface area contributed by atoms with Gasteiger partial charge < -0.3 is 5.11 Å². The lowest BCUT2D eigenvalue weighted by Gasteiger charge is -2.15. The number of hydrogen-bond donors (Lipinski definition) is 2. The summed E-state index contributed by atoms with van der Waals surface area (Å²) in [5.41, 5.74) is 3.71. The van der Waals surface area contributed by atoms with Gasteiger partial charge in [-0.3, -0.25) is 15.0 Å². The van der Waals surface area contributed by atoms with Crippen LogP contribution in [0.3, 0.4) is 0 Å². The number of phenolic OH excluding ortho intramolecular Hbond substituents is 1. The summed E-state index contributed by atoms with van der Waals surface area (Å²) in [6.45, 7) is 0. The molecule has 2 N–H and O–H groups in total. The zero-order valence-corrected chi connectivity index (χ0v) is 15.1. The normalized spacial score (nSPS) is 15.8. The molecule has 0 unspecified atom stereocenters. The van der Waals surface area contributed by atoms with Gasteiger partial charge in [-0.1, -0.05) is 60.3 Å². The molecule has 5 nitrogen and oxygen atoms in total. The van der Waals surface area contributed by atoms with E-state index in [1.165, 1.54) is 18.2 Å². The molecule has 1 aliphatic rings. The molecule has 1 fully saturated rings. The zero-order chi connectivity index (χ0) is 18.5. The predicted octanol–water partition coefficient (Wildman–Crippen LogP) is 3.49. The smallest absolute Gasteiger partial charge is 0.285 e. The second-order valence-corrected chi connectivity index (χ2v) is 6.98. The zero-order valence-electron chi connectivity index (χ0n) is 13.5. The number of hydrogen-bond acceptors (Lipinski definition) is 5. The number of amides is 2. The number of hydrazine groups is 1. The van der Waals surface area contributed by atoms with Crippen LogP contribution in [-0.2, 0) is 4.79 Å². The Morgan fingerprint density at radius 3 is 2.65 bits per heavy atom. The molecule has 1 aliphatic heterocycles. The molecule has 1 saturated heterocycles. The largest absolute Gasteiger partial charge is 0.508 e. The number of nitrogens with one attached hydrogen (secondary N) is 1. The Kier molecular flexibility index (Phi) is 5.50. The molecule has 1 heterocycles. The van der Waals surface area contributed by atoms with E-state index < -0.39 is 11.8 Å². The molecule has 0 spiro atoms. The maximum atomic E-state index is 12.4. The third-order valence-corrected chi connectivity index (χ3v) is 4.77. The standard InChI is InChI=1S/C19H14N2O3S2/c22-15-10-5-9-14(12-15)17(23)20-21-18(24)16(26-19(21)25)11-4-8-13-6-2-1-3-7-13/h1-12,22H,(H,20,23)/b8-4+,16-11-. The van der Waals surface area contributed by atoms with Gasteiger partial charge in [-0.2, -0.15) is 5.01 Å². The number of allylic oxidation sites excluding steroid dienone is 2. The van der Waals surface area contributed by atoms with Crippen molar-refractivity contribution < 1.29 is 14.7 Å². The van der Waals surface area contributed by atoms with Crippen molar-refractivity contribution in [3.05, 3.63) is 82.8 Å². The average molecular weight is 382 g/mol. The number of carbonyl (C=O) groups is 2. The molecule has 7 heteroatoms. The maximum Gasteiger partial charge on any atom is 0.285 e. The molecule has 26 heavy (non-hydrogen) atoms. The summed E-state index contributed by atoms with van der Waals surface area (Å²) in [5.74, 6) is -0.960. The van der Waals surface area contributed by atoms with E-state index in [2.05, 4.69) is 5.43 Å². The van der Waals surface area contributed by atoms with Crippen molar-refractivity contribution in [2.45, 2.75) is 0 Å². The number of phenols is 1. The van der Waals surface area contributed by atoms with Crippen LogP contribution >= 0.6 is 24.0 Å². The van der Waals surface area contributed by atoms with Crippen LogP contribution in [-0.4, -0.2) is 26.3 Å². The van der Waals surface area contributed by atoms with Crippen molar-refractivity contribution >= 4 is 46.2 Å². The summed E-state index contributed by atoms with van der Waals surface area (Å²) < 4.78 is 0.239. The Morgan fingerprint density at radius 1 is 1.15 bits per heavy atom. The molecule has 0 aromatic heterocycles. The van der Waals surface area contributed by atoms with Gasteiger partial charge in [0.05, 0.1) is 4.91 Å². The number of rotatable bonds is 4. The first kappa shape index (κ1) is 17.9. The Labute approximate surface area is 160 Å². The molecule has 0 aliphatic carbocycles. The first-order valence-corrected chi connectivity index (χ1v) is 8.87. The van der Waals surface area contributed by atoms with Crippen molar-refractivity contribution in [1.82, 2.24) is 10.4 Å². The van der Waals surface area contributed by atoms with E-state index in [0.29, 0.717) is 4.91 Å². The molecule has 0 bridgehead atoms. The van der Waals surface area contributed by atoms with Crippen molar-refractivity contribution in [3.63, 3.8) is 0 Å². The second-order valence-electron chi connectivity index (χ2n) is 5.30. The summed E-state index contributed by atoms with van der Waals surface area (Å²) in [5, 5.41) is 10.5. The molecule has 0 saturated carbocycles. The van der Waals surface area contributed by atoms with Crippen LogP contribution in [0.1, 0.15) is 15.9 Å². The Hall–Kier alpha value is -2.90. The first-order valence-electron chi connectivity index (χ1n) is 7.64. The van der Waals surface area contributed by atoms with E-state index in [1.54, 1.807) is 18.2 Å². The van der Waals surface area contributed by atoms with Crippen molar-refractivity contribution in [1.29, 1.82) is 0 Å². The lowest BCUT2D eigenvalue weighted by molar-refractivity contribution is -0.123. The fraction of sp³-hybridized carbons (Fsp3) is 0. The third kappa shape index (κ3) is 4.19. The first-order chi connectivity index (χ1) is 12.5. The molecule has 130 valence electrons. The number of thiocarbonyl (C=S) groups is 1. The Balaban J connectivity index is 1.69. The highest BCUT2D eigenvalue weighted by Crippen LogP contribution is 2.29. The van der Waals surface area contributed by atoms with E-state index in [9.17, 15) is 14.7 Å². The topological polar surface area (TPSA) is 69.6 Å². The van der Waals surface area contributed by atoms with Crippen molar-refractivity contribution in [2.75, 3.05) is 0 Å². The quantitative estimate of drug-likeness (QED) is 0.626. The number of carbonyl (C=O) groups excluding carboxylic acids is 2. The molecular weight excluding hydrogens is 368 g/mol. The summed E-state index contributed by atoms with van der Waals surface area (Å²) in [4.78, 5) is 25.1. The van der Waals surface area contributed by atoms with Crippen LogP contribution in [0.15, 0.2) is 71.7 Å². The van der Waals surface area contributed by atoms with Gasteiger partial charge in [-0.25, -0.2) is 0 Å². The SMILES string of the molecule is O=C(NN1C(=O)/C(=C/C=C/c2ccccc2)SC1=S)c1cccc(O)c1. The number of nitrogens with zero attached hydrogens (tertiary/aromatic N) is 1. The summed E-state index contributed by atoms with van der Waals surface area (Å²) in [6, 6.07) is 15.5. The lowest BCUT2D eigenvalue weighted by Crippen LogP contribution is -2.44. The molecule has 0 atom stereocenters. The highest BCUT2D eigenvalue weighted by atomic mass is 32.2. The highest BCUT2D eigenvalue weighted by Gasteiger charge is 2.33. The fourth-order valence-electron chi connectivity index (χ4n) is 2.20. The molecule has 3 rings (SSSR count). The molecule has 2 aromatic carbocycles. The van der Waals surface area contributed by atoms with Gasteiger partial charge in [0, 0.05) is 5.56 Å². The van der Waals surface area contributed by atoms with Crippen molar-refractivity contribution in [3.8, 4) is 5.75 Å². The van der Waals surface area contributed by atoms with Crippen LogP contribution in [0.4, 0.5) is 0 Å². The van der Waals surface area contributed by atoms with Crippen LogP contribution in [0.5, 0.6) is 5.75 Å². The van der Waals surface area contributed by atoms with Crippen LogP contribution in [0.25, 0.3) is 6.08 Å². The van der Waals surface area contributed by atoms with Gasteiger partial charge >= 0.3 is 0 Å². The third-order valence-electron chi connectivity index (χ3n) is 3.45. The van der Waals surface area contributed by atoms with Gasteiger partial charge in [-0.05, 0) is 42.1 Å². The minimum atomic E-state index is -0.529. The number of aromatic hydroxyl groups is 1. The van der Waals surface area contributed by atoms with E-state index in [0.717, 1.165) is 22.3 Å². The van der Waals surface area contributed by atoms with Gasteiger partial charge in [0.15, 0.2) is 4.32 Å². The van der Waals surface area contributed by atoms with Crippen LogP contribution in [0.2, 0.25) is 0 Å². The molecule has 2 amide bonds. The van der Waals surface area contributed by atoms with E-state index >= 15 is 0 Å². The Bertz CT molecular complexity index is 923. The van der Waals surface area contributed by atoms with Crippen LogP contribution < -0.4 is 5.43 Å². The van der Waals surface area contributed by atoms with Crippen molar-refractivity contribution in [2.24, 2.45) is 0 Å². The summed E-state index contributed by atoms with van der Waals surface area (Å²) >= 11 is 6.28. The summed E-state index contributed by atoms with van der Waals surface area (Å²) in [7, 11) is 0. The molecule has 0 radical (unpaired) electrons. The minimum Gasteiger partial charge on any atom is -0.508 e. The van der Waals surface area contributed by atoms with Gasteiger partial charge in [0.2, 0.25) is 0 Å². The van der Waals surface area contributed by atoms with E-state index in [-0.39, 0.29) is 15.6 Å². The van der Waals surface area contributed by atoms with E-state index in [1.807, 2.05) is 36.4 Å². The predicted molar refractivity (Wildman–Crippen MR) is 106 cm³/mol. The number of thioether (sulfide) groups is 1. The fourth-order valence-corrected chi connectivity index (χ4v) is 3.33. The Morgan fingerprint density at radius 2 is 1.92 bits per heavy atom. The number of benzene rings is 2. The van der Waals surface area contributed by atoms with Gasteiger partial charge in [0.25, 0.3) is 11.8 Å². The summed E-state index contributed by atoms with van der Waals surface area (Å²) in [6.07, 6.45) is 5.30. The second kappa shape index (κ2) is 7.99. The lowest BCUT2D eigenvalue weighted by atomic mass is 10.2. The highest BCUT2D eigenvalue weighted by molar-refractivity contribution is 8.26. The minimum absolute atomic E-state index is 0.0333. The monoisotopic (exact) mass is 382 g/mol. The van der Waals surface area contributed by atoms with Crippen LogP contribution in [0, 0.1) is 0 Å². The molecular formula is C19H14N2O3S2. The molecule has 2 aromatic rings. The average Bonchev–Trinajstić information content (AvgIpc) is 2.90. The van der Waals surface area contributed by atoms with E-state index in [4.69, 9.17) is 12.2 Å². The maximum absolute atomic E-state index is 12.4. The van der Waals surface area contributed by atoms with Gasteiger partial charge in [-0.15, -0.1) is 0 Å².